The minimum absolute atomic E-state index is 0.0268. The number of halogens is 2. The molecule has 47 heavy (non-hydrogen) atoms. The summed E-state index contributed by atoms with van der Waals surface area (Å²) in [5.41, 5.74) is 2.94. The standard InChI is InChI=1S/C36H36ClFN2O7/c37-27-16-9-17-28(38)26(27)19-39-35(44)33(46-20-22-10-3-1-4-11-22)31(42)32(43)34(47-21-23-12-5-2-6-13-23)36(45)40-29-18-24-14-7-8-15-25(24)30(29)41/h1-17,29-34,41-43H,18-21H2,(H,39,44)(H,40,45)/t29?,30-,31+,32+,33+,34+/m0/s1. The van der Waals surface area contributed by atoms with E-state index < -0.39 is 54.2 Å². The van der Waals surface area contributed by atoms with E-state index >= 15 is 0 Å². The van der Waals surface area contributed by atoms with Crippen LogP contribution < -0.4 is 10.6 Å². The Kier molecular flexibility index (Phi) is 11.7. The number of hydrogen-bond acceptors (Lipinski definition) is 7. The minimum atomic E-state index is -1.98. The lowest BCUT2D eigenvalue weighted by molar-refractivity contribution is -0.171. The molecule has 0 saturated heterocycles. The van der Waals surface area contributed by atoms with Gasteiger partial charge in [0.15, 0.2) is 12.2 Å². The number of amides is 2. The average molecular weight is 663 g/mol. The van der Waals surface area contributed by atoms with Crippen molar-refractivity contribution >= 4 is 23.4 Å². The maximum atomic E-state index is 14.4. The Morgan fingerprint density at radius 2 is 1.34 bits per heavy atom. The number of benzene rings is 4. The topological polar surface area (TPSA) is 137 Å². The molecule has 0 spiro atoms. The molecular formula is C36H36ClFN2O7. The van der Waals surface area contributed by atoms with Gasteiger partial charge in [-0.05, 0) is 40.8 Å². The number of hydrogen-bond donors (Lipinski definition) is 5. The van der Waals surface area contributed by atoms with E-state index in [0.29, 0.717) is 23.1 Å². The van der Waals surface area contributed by atoms with Crippen molar-refractivity contribution in [2.75, 3.05) is 0 Å². The molecule has 11 heteroatoms. The van der Waals surface area contributed by atoms with Gasteiger partial charge in [0.25, 0.3) is 11.8 Å². The first-order valence-electron chi connectivity index (χ1n) is 15.2. The third-order valence-corrected chi connectivity index (χ3v) is 8.41. The van der Waals surface area contributed by atoms with Crippen molar-refractivity contribution in [1.29, 1.82) is 0 Å². The highest BCUT2D eigenvalue weighted by molar-refractivity contribution is 6.31. The quantitative estimate of drug-likeness (QED) is 0.139. The summed E-state index contributed by atoms with van der Waals surface area (Å²) in [6, 6.07) is 28.4. The van der Waals surface area contributed by atoms with Crippen molar-refractivity contribution in [2.45, 2.75) is 62.7 Å². The number of nitrogens with one attached hydrogen (secondary N) is 2. The first-order chi connectivity index (χ1) is 22.7. The molecule has 246 valence electrons. The Labute approximate surface area is 276 Å². The smallest absolute Gasteiger partial charge is 0.252 e. The van der Waals surface area contributed by atoms with Crippen LogP contribution in [0.5, 0.6) is 0 Å². The number of rotatable bonds is 14. The fourth-order valence-corrected chi connectivity index (χ4v) is 5.71. The van der Waals surface area contributed by atoms with Crippen molar-refractivity contribution in [3.05, 3.63) is 142 Å². The van der Waals surface area contributed by atoms with E-state index in [2.05, 4.69) is 10.6 Å². The van der Waals surface area contributed by atoms with E-state index in [4.69, 9.17) is 21.1 Å². The number of aliphatic hydroxyl groups is 3. The summed E-state index contributed by atoms with van der Waals surface area (Å²) in [4.78, 5) is 27.2. The second-order valence-electron chi connectivity index (χ2n) is 11.3. The van der Waals surface area contributed by atoms with Crippen LogP contribution in [-0.2, 0) is 45.2 Å². The number of carbonyl (C=O) groups excluding carboxylic acids is 2. The van der Waals surface area contributed by atoms with Crippen molar-refractivity contribution in [3.8, 4) is 0 Å². The first kappa shape index (κ1) is 34.2. The number of carbonyl (C=O) groups is 2. The molecule has 0 fully saturated rings. The molecule has 5 rings (SSSR count). The van der Waals surface area contributed by atoms with Crippen LogP contribution in [0.2, 0.25) is 5.02 Å². The summed E-state index contributed by atoms with van der Waals surface area (Å²) < 4.78 is 26.1. The SMILES string of the molecule is O=C(NCc1c(F)cccc1Cl)[C@H](OCc1ccccc1)[C@H](O)[C@@H](O)[C@@H](OCc1ccccc1)C(=O)NC1Cc2ccccc2[C@@H]1O. The molecule has 6 atom stereocenters. The van der Waals surface area contributed by atoms with Gasteiger partial charge in [0, 0.05) is 17.1 Å². The fraction of sp³-hybridized carbons (Fsp3) is 0.278. The van der Waals surface area contributed by atoms with Gasteiger partial charge in [-0.3, -0.25) is 9.59 Å². The summed E-state index contributed by atoms with van der Waals surface area (Å²) >= 11 is 6.13. The highest BCUT2D eigenvalue weighted by atomic mass is 35.5. The first-order valence-corrected chi connectivity index (χ1v) is 15.5. The van der Waals surface area contributed by atoms with Gasteiger partial charge >= 0.3 is 0 Å². The van der Waals surface area contributed by atoms with Crippen molar-refractivity contribution in [1.82, 2.24) is 10.6 Å². The molecule has 0 radical (unpaired) electrons. The molecule has 4 aromatic rings. The zero-order valence-corrected chi connectivity index (χ0v) is 26.1. The van der Waals surface area contributed by atoms with E-state index in [9.17, 15) is 29.3 Å². The fourth-order valence-electron chi connectivity index (χ4n) is 5.48. The molecule has 0 aliphatic heterocycles. The van der Waals surface area contributed by atoms with E-state index in [1.54, 1.807) is 66.7 Å². The van der Waals surface area contributed by atoms with Crippen LogP contribution in [-0.4, -0.2) is 57.6 Å². The van der Waals surface area contributed by atoms with E-state index in [-0.39, 0.29) is 30.3 Å². The second kappa shape index (κ2) is 16.1. The molecule has 1 aliphatic rings. The summed E-state index contributed by atoms with van der Waals surface area (Å²) in [5.74, 6) is -2.32. The van der Waals surface area contributed by atoms with Crippen LogP contribution in [0.15, 0.2) is 103 Å². The lowest BCUT2D eigenvalue weighted by Gasteiger charge is -2.31. The Morgan fingerprint density at radius 1 is 0.787 bits per heavy atom. The van der Waals surface area contributed by atoms with Gasteiger partial charge < -0.3 is 35.4 Å². The number of aliphatic hydroxyl groups excluding tert-OH is 3. The van der Waals surface area contributed by atoms with Crippen LogP contribution in [0, 0.1) is 5.82 Å². The summed E-state index contributed by atoms with van der Waals surface area (Å²) in [5, 5.41) is 39.2. The maximum Gasteiger partial charge on any atom is 0.252 e. The van der Waals surface area contributed by atoms with Crippen LogP contribution in [0.3, 0.4) is 0 Å². The third-order valence-electron chi connectivity index (χ3n) is 8.06. The summed E-state index contributed by atoms with van der Waals surface area (Å²) in [6.45, 7) is -0.562. The van der Waals surface area contributed by atoms with Crippen molar-refractivity contribution < 1.29 is 38.8 Å². The van der Waals surface area contributed by atoms with E-state index in [0.717, 1.165) is 5.56 Å². The molecule has 5 N–H and O–H groups in total. The predicted octanol–water partition coefficient (Wildman–Crippen LogP) is 3.76. The second-order valence-corrected chi connectivity index (χ2v) is 11.7. The van der Waals surface area contributed by atoms with E-state index in [1.807, 2.05) is 18.2 Å². The molecule has 0 heterocycles. The lowest BCUT2D eigenvalue weighted by atomic mass is 10.00. The maximum absolute atomic E-state index is 14.4. The zero-order chi connectivity index (χ0) is 33.3. The summed E-state index contributed by atoms with van der Waals surface area (Å²) in [6.07, 6.45) is -8.00. The zero-order valence-electron chi connectivity index (χ0n) is 25.3. The molecule has 4 aromatic carbocycles. The molecular weight excluding hydrogens is 627 g/mol. The predicted molar refractivity (Wildman–Crippen MR) is 172 cm³/mol. The number of ether oxygens (including phenoxy) is 2. The molecule has 0 saturated carbocycles. The van der Waals surface area contributed by atoms with Gasteiger partial charge in [-0.15, -0.1) is 0 Å². The Bertz CT molecular complexity index is 1620. The Balaban J connectivity index is 1.36. The highest BCUT2D eigenvalue weighted by Gasteiger charge is 2.42. The highest BCUT2D eigenvalue weighted by Crippen LogP contribution is 2.31. The Hall–Kier alpha value is -4.16. The van der Waals surface area contributed by atoms with E-state index in [1.165, 1.54) is 18.2 Å². The molecule has 0 bridgehead atoms. The third kappa shape index (κ3) is 8.61. The largest absolute Gasteiger partial charge is 0.387 e. The van der Waals surface area contributed by atoms with Gasteiger partial charge in [-0.2, -0.15) is 0 Å². The summed E-state index contributed by atoms with van der Waals surface area (Å²) in [7, 11) is 0. The van der Waals surface area contributed by atoms with Crippen LogP contribution >= 0.6 is 11.6 Å². The van der Waals surface area contributed by atoms with Crippen LogP contribution in [0.4, 0.5) is 4.39 Å². The minimum Gasteiger partial charge on any atom is -0.387 e. The molecule has 1 aliphatic carbocycles. The molecule has 9 nitrogen and oxygen atoms in total. The van der Waals surface area contributed by atoms with Crippen molar-refractivity contribution in [2.24, 2.45) is 0 Å². The Morgan fingerprint density at radius 3 is 1.91 bits per heavy atom. The molecule has 0 aromatic heterocycles. The van der Waals surface area contributed by atoms with Gasteiger partial charge in [0.2, 0.25) is 0 Å². The van der Waals surface area contributed by atoms with Gasteiger partial charge in [-0.25, -0.2) is 4.39 Å². The molecule has 2 amide bonds. The van der Waals surface area contributed by atoms with Gasteiger partial charge in [-0.1, -0.05) is 103 Å². The van der Waals surface area contributed by atoms with Gasteiger partial charge in [0.1, 0.15) is 18.0 Å². The van der Waals surface area contributed by atoms with Crippen LogP contribution in [0.25, 0.3) is 0 Å². The number of fused-ring (bicyclic) bond motifs is 1. The normalized spacial score (nSPS) is 18.1. The van der Waals surface area contributed by atoms with Crippen molar-refractivity contribution in [3.63, 3.8) is 0 Å². The average Bonchev–Trinajstić information content (AvgIpc) is 3.39. The van der Waals surface area contributed by atoms with Gasteiger partial charge in [0.05, 0.1) is 25.4 Å². The molecule has 1 unspecified atom stereocenters. The van der Waals surface area contributed by atoms with Crippen LogP contribution in [0.1, 0.15) is 33.9 Å². The monoisotopic (exact) mass is 662 g/mol. The lowest BCUT2D eigenvalue weighted by Crippen LogP contribution is -2.57.